The van der Waals surface area contributed by atoms with Crippen LogP contribution < -0.4 is 5.73 Å². The molecule has 4 nitrogen and oxygen atoms in total. The fourth-order valence-electron chi connectivity index (χ4n) is 1.93. The van der Waals surface area contributed by atoms with Gasteiger partial charge in [-0.15, -0.1) is 0 Å². The highest BCUT2D eigenvalue weighted by atomic mass is 28.4. The monoisotopic (exact) mass is 303 g/mol. The number of rotatable bonds is 7. The minimum absolute atomic E-state index is 0.0530. The van der Waals surface area contributed by atoms with Gasteiger partial charge in [-0.25, -0.2) is 0 Å². The van der Waals surface area contributed by atoms with Gasteiger partial charge in [0.25, 0.3) is 0 Å². The van der Waals surface area contributed by atoms with E-state index in [1.165, 1.54) is 6.42 Å². The van der Waals surface area contributed by atoms with Crippen molar-refractivity contribution in [2.75, 3.05) is 19.8 Å². The summed E-state index contributed by atoms with van der Waals surface area (Å²) in [6.45, 7) is 13.4. The summed E-state index contributed by atoms with van der Waals surface area (Å²) in [6.07, 6.45) is 4.13. The molecule has 1 saturated heterocycles. The zero-order valence-electron chi connectivity index (χ0n) is 13.9. The second-order valence-corrected chi connectivity index (χ2v) is 12.0. The summed E-state index contributed by atoms with van der Waals surface area (Å²) in [5.74, 6) is 0. The quantitative estimate of drug-likeness (QED) is 0.733. The van der Waals surface area contributed by atoms with Gasteiger partial charge in [0.2, 0.25) is 0 Å². The van der Waals surface area contributed by atoms with Gasteiger partial charge in [-0.2, -0.15) is 0 Å². The maximum atomic E-state index is 6.25. The zero-order chi connectivity index (χ0) is 15.2. The Morgan fingerprint density at radius 2 is 2.00 bits per heavy atom. The number of hydrogen-bond acceptors (Lipinski definition) is 4. The predicted octanol–water partition coefficient (Wildman–Crippen LogP) is 3.27. The first-order chi connectivity index (χ1) is 9.26. The Balaban J connectivity index is 2.45. The van der Waals surface area contributed by atoms with E-state index in [2.05, 4.69) is 33.9 Å². The van der Waals surface area contributed by atoms with Gasteiger partial charge in [0.05, 0.1) is 12.7 Å². The molecule has 20 heavy (non-hydrogen) atoms. The summed E-state index contributed by atoms with van der Waals surface area (Å²) >= 11 is 0. The molecule has 0 aliphatic carbocycles. The summed E-state index contributed by atoms with van der Waals surface area (Å²) in [5, 5.41) is 0.224. The molecule has 2 N–H and O–H groups in total. The van der Waals surface area contributed by atoms with Crippen LogP contribution in [0.2, 0.25) is 18.1 Å². The van der Waals surface area contributed by atoms with E-state index in [1.54, 1.807) is 0 Å². The average Bonchev–Trinajstić information content (AvgIpc) is 2.36. The van der Waals surface area contributed by atoms with Gasteiger partial charge < -0.3 is 19.6 Å². The Hall–Kier alpha value is 0.0569. The summed E-state index contributed by atoms with van der Waals surface area (Å²) in [6, 6.07) is 0. The van der Waals surface area contributed by atoms with Crippen LogP contribution in [-0.4, -0.2) is 40.5 Å². The first kappa shape index (κ1) is 18.1. The molecule has 5 heteroatoms. The Bertz CT molecular complexity index is 273. The molecule has 0 spiro atoms. The Labute approximate surface area is 125 Å². The maximum Gasteiger partial charge on any atom is 0.192 e. The van der Waals surface area contributed by atoms with Crippen LogP contribution in [0.25, 0.3) is 0 Å². The van der Waals surface area contributed by atoms with Crippen LogP contribution in [0.3, 0.4) is 0 Å². The summed E-state index contributed by atoms with van der Waals surface area (Å²) in [5.41, 5.74) is 5.69. The molecule has 0 bridgehead atoms. The molecular formula is C15H33NO3Si. The molecule has 1 heterocycles. The lowest BCUT2D eigenvalue weighted by atomic mass is 10.2. The lowest BCUT2D eigenvalue weighted by Gasteiger charge is -2.37. The van der Waals surface area contributed by atoms with Crippen LogP contribution in [0.5, 0.6) is 0 Å². The van der Waals surface area contributed by atoms with Crippen molar-refractivity contribution in [1.82, 2.24) is 0 Å². The molecule has 2 unspecified atom stereocenters. The van der Waals surface area contributed by atoms with Crippen molar-refractivity contribution < 1.29 is 13.9 Å². The van der Waals surface area contributed by atoms with Crippen LogP contribution in [-0.2, 0) is 13.9 Å². The van der Waals surface area contributed by atoms with Crippen molar-refractivity contribution in [2.45, 2.75) is 77.0 Å². The second kappa shape index (κ2) is 7.89. The number of ether oxygens (including phenoxy) is 2. The molecule has 0 aromatic carbocycles. The van der Waals surface area contributed by atoms with Crippen LogP contribution in [0.1, 0.15) is 46.5 Å². The van der Waals surface area contributed by atoms with Crippen molar-refractivity contribution in [3.63, 3.8) is 0 Å². The first-order valence-electron chi connectivity index (χ1n) is 7.87. The van der Waals surface area contributed by atoms with Gasteiger partial charge in [0.1, 0.15) is 0 Å². The standard InChI is InChI=1S/C15H33NO3Si/c1-15(2,3)20(4,5)18-12-13(9-10-16)19-14-8-6-7-11-17-14/h13-14H,6-12,16H2,1-5H3. The van der Waals surface area contributed by atoms with Crippen LogP contribution >= 0.6 is 0 Å². The molecular weight excluding hydrogens is 270 g/mol. The van der Waals surface area contributed by atoms with E-state index >= 15 is 0 Å². The third-order valence-electron chi connectivity index (χ3n) is 4.41. The third kappa shape index (κ3) is 5.82. The van der Waals surface area contributed by atoms with Crippen molar-refractivity contribution in [3.8, 4) is 0 Å². The van der Waals surface area contributed by atoms with Crippen molar-refractivity contribution in [2.24, 2.45) is 5.73 Å². The van der Waals surface area contributed by atoms with E-state index in [1.807, 2.05) is 0 Å². The first-order valence-corrected chi connectivity index (χ1v) is 10.8. The van der Waals surface area contributed by atoms with E-state index < -0.39 is 8.32 Å². The van der Waals surface area contributed by atoms with Gasteiger partial charge in [-0.1, -0.05) is 20.8 Å². The Morgan fingerprint density at radius 1 is 1.30 bits per heavy atom. The van der Waals surface area contributed by atoms with Gasteiger partial charge >= 0.3 is 0 Å². The summed E-state index contributed by atoms with van der Waals surface area (Å²) in [7, 11) is -1.72. The van der Waals surface area contributed by atoms with Crippen molar-refractivity contribution in [1.29, 1.82) is 0 Å². The topological polar surface area (TPSA) is 53.7 Å². The molecule has 1 aliphatic heterocycles. The Kier molecular flexibility index (Phi) is 7.15. The highest BCUT2D eigenvalue weighted by molar-refractivity contribution is 6.74. The smallest absolute Gasteiger partial charge is 0.192 e. The summed E-state index contributed by atoms with van der Waals surface area (Å²) < 4.78 is 17.9. The number of hydrogen-bond donors (Lipinski definition) is 1. The minimum Gasteiger partial charge on any atom is -0.414 e. The SMILES string of the molecule is CC(C)(C)[Si](C)(C)OCC(CCN)OC1CCCCO1. The van der Waals surface area contributed by atoms with Crippen LogP contribution in [0, 0.1) is 0 Å². The third-order valence-corrected chi connectivity index (χ3v) is 8.91. The predicted molar refractivity (Wildman–Crippen MR) is 85.3 cm³/mol. The molecule has 0 aromatic rings. The molecule has 0 amide bonds. The lowest BCUT2D eigenvalue weighted by Crippen LogP contribution is -2.44. The van der Waals surface area contributed by atoms with E-state index in [9.17, 15) is 0 Å². The fraction of sp³-hybridized carbons (Fsp3) is 1.00. The maximum absolute atomic E-state index is 6.25. The van der Waals surface area contributed by atoms with Gasteiger partial charge in [0.15, 0.2) is 14.6 Å². The van der Waals surface area contributed by atoms with Crippen LogP contribution in [0.4, 0.5) is 0 Å². The summed E-state index contributed by atoms with van der Waals surface area (Å²) in [4.78, 5) is 0. The second-order valence-electron chi connectivity index (χ2n) is 7.20. The van der Waals surface area contributed by atoms with E-state index in [4.69, 9.17) is 19.6 Å². The molecule has 1 fully saturated rings. The van der Waals surface area contributed by atoms with Crippen molar-refractivity contribution in [3.05, 3.63) is 0 Å². The van der Waals surface area contributed by atoms with E-state index in [0.29, 0.717) is 13.2 Å². The Morgan fingerprint density at radius 3 is 2.50 bits per heavy atom. The van der Waals surface area contributed by atoms with Gasteiger partial charge in [0, 0.05) is 6.61 Å². The molecule has 0 saturated carbocycles. The molecule has 0 aromatic heterocycles. The minimum atomic E-state index is -1.72. The van der Waals surface area contributed by atoms with Crippen LogP contribution in [0.15, 0.2) is 0 Å². The van der Waals surface area contributed by atoms with E-state index in [0.717, 1.165) is 25.9 Å². The normalized spacial score (nSPS) is 22.8. The molecule has 2 atom stereocenters. The average molecular weight is 304 g/mol. The number of nitrogens with two attached hydrogens (primary N) is 1. The largest absolute Gasteiger partial charge is 0.414 e. The van der Waals surface area contributed by atoms with Crippen molar-refractivity contribution >= 4 is 8.32 Å². The van der Waals surface area contributed by atoms with Gasteiger partial charge in [-0.05, 0) is 50.4 Å². The molecule has 1 aliphatic rings. The zero-order valence-corrected chi connectivity index (χ0v) is 14.9. The van der Waals surface area contributed by atoms with E-state index in [-0.39, 0.29) is 17.4 Å². The highest BCUT2D eigenvalue weighted by Crippen LogP contribution is 2.36. The van der Waals surface area contributed by atoms with Gasteiger partial charge in [-0.3, -0.25) is 0 Å². The highest BCUT2D eigenvalue weighted by Gasteiger charge is 2.37. The molecule has 1 rings (SSSR count). The molecule has 0 radical (unpaired) electrons. The fourth-order valence-corrected chi connectivity index (χ4v) is 2.96. The molecule has 120 valence electrons. The lowest BCUT2D eigenvalue weighted by molar-refractivity contribution is -0.194.